The fourth-order valence-corrected chi connectivity index (χ4v) is 1.96. The minimum Gasteiger partial charge on any atom is -0.492 e. The first-order valence-electron chi connectivity index (χ1n) is 6.31. The van der Waals surface area contributed by atoms with Gasteiger partial charge in [0.15, 0.2) is 0 Å². The number of carbonyl (C=O) groups excluding carboxylic acids is 1. The van der Waals surface area contributed by atoms with Crippen LogP contribution in [-0.2, 0) is 0 Å². The number of carbonyl (C=O) groups is 1. The lowest BCUT2D eigenvalue weighted by molar-refractivity contribution is 0.102. The van der Waals surface area contributed by atoms with E-state index in [2.05, 4.69) is 15.7 Å². The third-order valence-electron chi connectivity index (χ3n) is 2.64. The Labute approximate surface area is 127 Å². The summed E-state index contributed by atoms with van der Waals surface area (Å²) in [5.74, 6) is 5.86. The number of para-hydroxylation sites is 2. The van der Waals surface area contributed by atoms with E-state index in [9.17, 15) is 4.79 Å². The van der Waals surface area contributed by atoms with E-state index in [4.69, 9.17) is 22.2 Å². The molecule has 21 heavy (non-hydrogen) atoms. The van der Waals surface area contributed by atoms with Crippen LogP contribution in [0.15, 0.2) is 36.4 Å². The van der Waals surface area contributed by atoms with Gasteiger partial charge in [-0.25, -0.2) is 10.8 Å². The summed E-state index contributed by atoms with van der Waals surface area (Å²) in [5, 5.41) is 2.95. The summed E-state index contributed by atoms with van der Waals surface area (Å²) in [6, 6.07) is 10.1. The molecule has 1 heterocycles. The van der Waals surface area contributed by atoms with Crippen molar-refractivity contribution in [3.63, 3.8) is 0 Å². The number of benzene rings is 1. The molecule has 110 valence electrons. The molecule has 0 aliphatic heterocycles. The van der Waals surface area contributed by atoms with Gasteiger partial charge >= 0.3 is 0 Å². The molecule has 0 spiro atoms. The number of nitrogens with zero attached hydrogens (tertiary/aromatic N) is 1. The lowest BCUT2D eigenvalue weighted by Gasteiger charge is -2.11. The molecule has 1 amide bonds. The van der Waals surface area contributed by atoms with E-state index < -0.39 is 0 Å². The molecule has 0 radical (unpaired) electrons. The van der Waals surface area contributed by atoms with Gasteiger partial charge in [-0.2, -0.15) is 0 Å². The van der Waals surface area contributed by atoms with Gasteiger partial charge in [0, 0.05) is 5.56 Å². The van der Waals surface area contributed by atoms with Crippen LogP contribution in [0.2, 0.25) is 5.15 Å². The fraction of sp³-hybridized carbons (Fsp3) is 0.143. The fourth-order valence-electron chi connectivity index (χ4n) is 1.75. The largest absolute Gasteiger partial charge is 0.492 e. The smallest absolute Gasteiger partial charge is 0.256 e. The van der Waals surface area contributed by atoms with Gasteiger partial charge in [-0.05, 0) is 31.2 Å². The van der Waals surface area contributed by atoms with Crippen molar-refractivity contribution in [2.75, 3.05) is 17.3 Å². The highest BCUT2D eigenvalue weighted by atomic mass is 35.5. The van der Waals surface area contributed by atoms with E-state index in [-0.39, 0.29) is 11.1 Å². The van der Waals surface area contributed by atoms with Crippen molar-refractivity contribution in [1.82, 2.24) is 4.98 Å². The van der Waals surface area contributed by atoms with Crippen molar-refractivity contribution >= 4 is 29.0 Å². The average molecular weight is 307 g/mol. The van der Waals surface area contributed by atoms with E-state index in [1.54, 1.807) is 12.1 Å². The number of amides is 1. The number of hydrogen-bond donors (Lipinski definition) is 3. The highest BCUT2D eigenvalue weighted by Crippen LogP contribution is 2.24. The first kappa shape index (κ1) is 15.1. The van der Waals surface area contributed by atoms with Gasteiger partial charge < -0.3 is 15.5 Å². The summed E-state index contributed by atoms with van der Waals surface area (Å²) >= 11 is 5.85. The number of anilines is 2. The molecule has 4 N–H and O–H groups in total. The molecule has 0 aliphatic rings. The summed E-state index contributed by atoms with van der Waals surface area (Å²) < 4.78 is 5.46. The van der Waals surface area contributed by atoms with Gasteiger partial charge in [-0.1, -0.05) is 23.7 Å². The maximum absolute atomic E-state index is 12.3. The van der Waals surface area contributed by atoms with E-state index in [0.29, 0.717) is 29.4 Å². The second-order valence-corrected chi connectivity index (χ2v) is 4.48. The Hall–Kier alpha value is -2.31. The van der Waals surface area contributed by atoms with Gasteiger partial charge in [-0.3, -0.25) is 4.79 Å². The Kier molecular flexibility index (Phi) is 4.97. The van der Waals surface area contributed by atoms with Crippen molar-refractivity contribution in [3.8, 4) is 5.75 Å². The normalized spacial score (nSPS) is 10.0. The Morgan fingerprint density at radius 1 is 1.38 bits per heavy atom. The highest BCUT2D eigenvalue weighted by Gasteiger charge is 2.12. The molecule has 6 nitrogen and oxygen atoms in total. The monoisotopic (exact) mass is 306 g/mol. The summed E-state index contributed by atoms with van der Waals surface area (Å²) in [6.45, 7) is 2.38. The Morgan fingerprint density at radius 2 is 2.14 bits per heavy atom. The number of nitrogens with one attached hydrogen (secondary N) is 2. The summed E-state index contributed by atoms with van der Waals surface area (Å²) in [7, 11) is 0. The second-order valence-electron chi connectivity index (χ2n) is 4.09. The molecular weight excluding hydrogens is 292 g/mol. The molecule has 0 aliphatic carbocycles. The zero-order valence-electron chi connectivity index (χ0n) is 11.4. The van der Waals surface area contributed by atoms with Crippen LogP contribution >= 0.6 is 11.6 Å². The minimum atomic E-state index is -0.331. The molecule has 0 saturated heterocycles. The maximum Gasteiger partial charge on any atom is 0.256 e. The van der Waals surface area contributed by atoms with E-state index in [0.717, 1.165) is 0 Å². The highest BCUT2D eigenvalue weighted by molar-refractivity contribution is 6.30. The number of pyridine rings is 1. The zero-order valence-corrected chi connectivity index (χ0v) is 12.1. The topological polar surface area (TPSA) is 89.3 Å². The van der Waals surface area contributed by atoms with Crippen LogP contribution in [0.3, 0.4) is 0 Å². The van der Waals surface area contributed by atoms with Gasteiger partial charge in [0.25, 0.3) is 5.91 Å². The van der Waals surface area contributed by atoms with Gasteiger partial charge in [-0.15, -0.1) is 0 Å². The third-order valence-corrected chi connectivity index (χ3v) is 2.83. The van der Waals surface area contributed by atoms with Crippen LogP contribution in [0, 0.1) is 0 Å². The number of hydrogen-bond acceptors (Lipinski definition) is 5. The van der Waals surface area contributed by atoms with Crippen molar-refractivity contribution in [2.45, 2.75) is 6.92 Å². The van der Waals surface area contributed by atoms with Crippen LogP contribution in [0.25, 0.3) is 0 Å². The number of ether oxygens (including phenoxy) is 1. The molecule has 2 rings (SSSR count). The number of aromatic nitrogens is 1. The number of hydrazine groups is 1. The number of rotatable bonds is 5. The molecule has 0 bridgehead atoms. The molecule has 0 unspecified atom stereocenters. The average Bonchev–Trinajstić information content (AvgIpc) is 2.48. The molecule has 1 aromatic heterocycles. The number of halogens is 1. The summed E-state index contributed by atoms with van der Waals surface area (Å²) in [5.41, 5.74) is 3.28. The van der Waals surface area contributed by atoms with Crippen molar-refractivity contribution in [2.24, 2.45) is 5.84 Å². The quantitative estimate of drug-likeness (QED) is 0.449. The van der Waals surface area contributed by atoms with Crippen LogP contribution in [-0.4, -0.2) is 17.5 Å². The molecule has 2 aromatic rings. The molecule has 1 aromatic carbocycles. The van der Waals surface area contributed by atoms with Gasteiger partial charge in [0.2, 0.25) is 0 Å². The van der Waals surface area contributed by atoms with Crippen LogP contribution in [0.4, 0.5) is 11.5 Å². The predicted octanol–water partition coefficient (Wildman–Crippen LogP) is 2.67. The SMILES string of the molecule is CCOc1ccccc1NC(=O)c1cc(Cl)nc(NN)c1. The van der Waals surface area contributed by atoms with Crippen molar-refractivity contribution < 1.29 is 9.53 Å². The molecule has 7 heteroatoms. The Morgan fingerprint density at radius 3 is 2.86 bits per heavy atom. The summed E-state index contributed by atoms with van der Waals surface area (Å²) in [6.07, 6.45) is 0. The maximum atomic E-state index is 12.3. The first-order valence-corrected chi connectivity index (χ1v) is 6.69. The van der Waals surface area contributed by atoms with Gasteiger partial charge in [0.05, 0.1) is 12.3 Å². The first-order chi connectivity index (χ1) is 10.1. The Balaban J connectivity index is 2.24. The lowest BCUT2D eigenvalue weighted by atomic mass is 10.2. The number of nitrogen functional groups attached to an aromatic ring is 1. The lowest BCUT2D eigenvalue weighted by Crippen LogP contribution is -2.15. The van der Waals surface area contributed by atoms with Crippen molar-refractivity contribution in [1.29, 1.82) is 0 Å². The standard InChI is InChI=1S/C14H15ClN4O2/c1-2-21-11-6-4-3-5-10(11)17-14(20)9-7-12(15)18-13(8-9)19-16/h3-8H,2,16H2,1H3,(H,17,20)(H,18,19). The molecular formula is C14H15ClN4O2. The molecule has 0 atom stereocenters. The van der Waals surface area contributed by atoms with E-state index in [1.165, 1.54) is 12.1 Å². The van der Waals surface area contributed by atoms with E-state index >= 15 is 0 Å². The molecule has 0 fully saturated rings. The Bertz CT molecular complexity index is 649. The van der Waals surface area contributed by atoms with Crippen molar-refractivity contribution in [3.05, 3.63) is 47.1 Å². The van der Waals surface area contributed by atoms with Gasteiger partial charge in [0.1, 0.15) is 16.7 Å². The predicted molar refractivity (Wildman–Crippen MR) is 82.6 cm³/mol. The van der Waals surface area contributed by atoms with Crippen LogP contribution < -0.4 is 21.3 Å². The van der Waals surface area contributed by atoms with E-state index in [1.807, 2.05) is 19.1 Å². The summed E-state index contributed by atoms with van der Waals surface area (Å²) in [4.78, 5) is 16.2. The van der Waals surface area contributed by atoms with Crippen LogP contribution in [0.1, 0.15) is 17.3 Å². The minimum absolute atomic E-state index is 0.175. The third kappa shape index (κ3) is 3.84. The number of nitrogens with two attached hydrogens (primary N) is 1. The van der Waals surface area contributed by atoms with Crippen LogP contribution in [0.5, 0.6) is 5.75 Å². The molecule has 0 saturated carbocycles. The zero-order chi connectivity index (χ0) is 15.2. The second kappa shape index (κ2) is 6.92.